The normalized spacial score (nSPS) is 12.6. The number of azo groups is 2. The van der Waals surface area contributed by atoms with Gasteiger partial charge in [-0.3, -0.25) is 23.6 Å². The van der Waals surface area contributed by atoms with Gasteiger partial charge in [0.15, 0.2) is 17.2 Å². The van der Waals surface area contributed by atoms with Crippen LogP contribution in [0.2, 0.25) is 0 Å². The van der Waals surface area contributed by atoms with Crippen molar-refractivity contribution in [3.8, 4) is 17.2 Å². The fourth-order valence-electron chi connectivity index (χ4n) is 5.10. The molecule has 4 aromatic carbocycles. The number of fused-ring (bicyclic) bond motifs is 2. The van der Waals surface area contributed by atoms with Crippen LogP contribution in [0.5, 0.6) is 11.5 Å². The molecule has 18 heteroatoms. The Balaban J connectivity index is 1.58. The predicted octanol–water partition coefficient (Wildman–Crippen LogP) is 5.92. The molecule has 0 spiro atoms. The van der Waals surface area contributed by atoms with Gasteiger partial charge in [0, 0.05) is 18.6 Å². The van der Waals surface area contributed by atoms with E-state index in [1.807, 2.05) is 0 Å². The number of benzene rings is 4. The average Bonchev–Trinajstić information content (AvgIpc) is 3.25. The maximum absolute atomic E-state index is 13.3. The number of hydrogen-bond acceptors (Lipinski definition) is 12. The van der Waals surface area contributed by atoms with Crippen molar-refractivity contribution in [3.63, 3.8) is 0 Å². The molecule has 0 unspecified atom stereocenters. The highest BCUT2D eigenvalue weighted by atomic mass is 32.2. The highest BCUT2D eigenvalue weighted by Gasteiger charge is 2.29. The van der Waals surface area contributed by atoms with Crippen molar-refractivity contribution in [1.82, 2.24) is 14.3 Å². The van der Waals surface area contributed by atoms with Crippen molar-refractivity contribution in [3.05, 3.63) is 95.0 Å². The summed E-state index contributed by atoms with van der Waals surface area (Å²) in [7, 11) is -8.77. The summed E-state index contributed by atoms with van der Waals surface area (Å²) in [6.07, 6.45) is 1.55. The molecule has 48 heavy (non-hydrogen) atoms. The van der Waals surface area contributed by atoms with Gasteiger partial charge in [0.2, 0.25) is 0 Å². The third-order valence-corrected chi connectivity index (χ3v) is 9.19. The molecule has 16 nitrogen and oxygen atoms in total. The molecule has 0 atom stereocenters. The van der Waals surface area contributed by atoms with Crippen LogP contribution < -0.4 is 5.56 Å². The van der Waals surface area contributed by atoms with E-state index in [0.29, 0.717) is 28.4 Å². The summed E-state index contributed by atoms with van der Waals surface area (Å²) in [5.41, 5.74) is -1.07. The van der Waals surface area contributed by atoms with Gasteiger partial charge in [-0.25, -0.2) is 4.68 Å². The lowest BCUT2D eigenvalue weighted by molar-refractivity contribution is 0.458. The number of aromatic hydroxyl groups is 2. The van der Waals surface area contributed by atoms with Crippen molar-refractivity contribution in [2.75, 3.05) is 0 Å². The molecule has 0 bridgehead atoms. The second-order valence-electron chi connectivity index (χ2n) is 10.3. The van der Waals surface area contributed by atoms with Crippen molar-refractivity contribution >= 4 is 64.7 Å². The minimum atomic E-state index is -5.20. The first kappa shape index (κ1) is 32.1. The first-order valence-corrected chi connectivity index (χ1v) is 16.6. The highest BCUT2D eigenvalue weighted by molar-refractivity contribution is 7.86. The molecule has 6 aromatic rings. The Labute approximate surface area is 271 Å². The highest BCUT2D eigenvalue weighted by Crippen LogP contribution is 2.50. The van der Waals surface area contributed by atoms with E-state index in [1.54, 1.807) is 74.8 Å². The van der Waals surface area contributed by atoms with Crippen LogP contribution in [-0.2, 0) is 27.3 Å². The summed E-state index contributed by atoms with van der Waals surface area (Å²) in [5, 5.41) is 37.7. The van der Waals surface area contributed by atoms with Gasteiger partial charge in [-0.1, -0.05) is 24.3 Å². The Kier molecular flexibility index (Phi) is 7.87. The van der Waals surface area contributed by atoms with Crippen LogP contribution in [0.4, 0.5) is 22.7 Å². The fraction of sp³-hybridized carbons (Fsp3) is 0.0667. The van der Waals surface area contributed by atoms with E-state index in [1.165, 1.54) is 15.4 Å². The van der Waals surface area contributed by atoms with Crippen LogP contribution in [0.1, 0.15) is 5.69 Å². The first-order valence-electron chi connectivity index (χ1n) is 13.7. The second-order valence-corrected chi connectivity index (χ2v) is 13.1. The van der Waals surface area contributed by atoms with Gasteiger partial charge in [0.25, 0.3) is 25.8 Å². The van der Waals surface area contributed by atoms with Crippen LogP contribution in [0.3, 0.4) is 0 Å². The monoisotopic (exact) mass is 689 g/mol. The van der Waals surface area contributed by atoms with Crippen molar-refractivity contribution in [2.45, 2.75) is 16.7 Å². The first-order chi connectivity index (χ1) is 22.7. The van der Waals surface area contributed by atoms with Gasteiger partial charge in [-0.15, -0.1) is 20.5 Å². The molecule has 0 aliphatic rings. The van der Waals surface area contributed by atoms with Crippen LogP contribution in [0, 0.1) is 6.92 Å². The number of phenolic OH excluding ortho intramolecular Hbond substituents is 2. The molecule has 0 saturated carbocycles. The van der Waals surface area contributed by atoms with Gasteiger partial charge in [0.1, 0.15) is 21.2 Å². The summed E-state index contributed by atoms with van der Waals surface area (Å²) in [4.78, 5) is 15.5. The molecule has 2 aromatic heterocycles. The van der Waals surface area contributed by atoms with Gasteiger partial charge in [-0.05, 0) is 60.8 Å². The third kappa shape index (κ3) is 5.58. The summed E-state index contributed by atoms with van der Waals surface area (Å²) >= 11 is 0. The molecule has 0 aliphatic carbocycles. The van der Waals surface area contributed by atoms with E-state index in [4.69, 9.17) is 0 Å². The van der Waals surface area contributed by atoms with E-state index >= 15 is 0 Å². The average molecular weight is 690 g/mol. The molecule has 0 radical (unpaired) electrons. The molecule has 0 saturated heterocycles. The topological polar surface area (TPSA) is 238 Å². The Hall–Kier alpha value is -5.82. The zero-order valence-corrected chi connectivity index (χ0v) is 26.4. The van der Waals surface area contributed by atoms with E-state index in [2.05, 4.69) is 25.4 Å². The molecule has 4 N–H and O–H groups in total. The quantitative estimate of drug-likeness (QED) is 0.114. The number of nitrogens with zero attached hydrogens (tertiary/aromatic N) is 7. The standard InChI is InChI=1S/C30H23N7O9S2/c1-16-25(30(40)37(36(16)2)18-8-4-3-5-9-18)33-35-27-23(48(44,45)46)15-17-14-22(47(41,42)43)26(28(38)24(17)29(27)39)34-32-21-12-6-11-20-19(21)10-7-13-31-20/h3-15,38-39H,1-2H3,(H,41,42,43)(H,44,45,46)/b34-32+,35-33+. The van der Waals surface area contributed by atoms with Gasteiger partial charge in [0.05, 0.1) is 28.0 Å². The maximum Gasteiger partial charge on any atom is 0.299 e. The maximum atomic E-state index is 13.3. The van der Waals surface area contributed by atoms with Crippen LogP contribution in [0.15, 0.2) is 114 Å². The number of aromatic nitrogens is 3. The number of hydrogen-bond donors (Lipinski definition) is 4. The molecule has 6 rings (SSSR count). The van der Waals surface area contributed by atoms with Crippen molar-refractivity contribution in [1.29, 1.82) is 0 Å². The largest absolute Gasteiger partial charge is 0.505 e. The molecular weight excluding hydrogens is 667 g/mol. The second kappa shape index (κ2) is 11.8. The minimum absolute atomic E-state index is 0.209. The minimum Gasteiger partial charge on any atom is -0.505 e. The molecule has 0 aliphatic heterocycles. The summed E-state index contributed by atoms with van der Waals surface area (Å²) in [6.45, 7) is 1.55. The molecule has 2 heterocycles. The Morgan fingerprint density at radius 2 is 1.31 bits per heavy atom. The Bertz CT molecular complexity index is 2630. The molecule has 244 valence electrons. The number of phenols is 2. The van der Waals surface area contributed by atoms with Crippen LogP contribution in [-0.4, -0.2) is 50.5 Å². The van der Waals surface area contributed by atoms with E-state index in [0.717, 1.165) is 6.07 Å². The lowest BCUT2D eigenvalue weighted by atomic mass is 10.1. The fourth-order valence-corrected chi connectivity index (χ4v) is 6.41. The lowest BCUT2D eigenvalue weighted by Gasteiger charge is -2.13. The number of rotatable bonds is 7. The SMILES string of the molecule is Cc1c(/N=N/c2c(S(=O)(=O)O)cc3cc(S(=O)(=O)O)c(/N=N/c4cccc5ncccc45)c(O)c3c2O)c(=O)n(-c2ccccc2)n1C. The molecule has 0 fully saturated rings. The molecule has 0 amide bonds. The lowest BCUT2D eigenvalue weighted by Crippen LogP contribution is -2.19. The number of pyridine rings is 1. The summed E-state index contributed by atoms with van der Waals surface area (Å²) in [6, 6.07) is 18.1. The zero-order valence-electron chi connectivity index (χ0n) is 24.8. The molecular formula is C30H23N7O9S2. The predicted molar refractivity (Wildman–Crippen MR) is 173 cm³/mol. The zero-order chi connectivity index (χ0) is 34.5. The third-order valence-electron chi connectivity index (χ3n) is 7.46. The smallest absolute Gasteiger partial charge is 0.299 e. The van der Waals surface area contributed by atoms with Gasteiger partial charge >= 0.3 is 0 Å². The van der Waals surface area contributed by atoms with Crippen LogP contribution in [0.25, 0.3) is 27.4 Å². The summed E-state index contributed by atoms with van der Waals surface area (Å²) in [5.74, 6) is -2.12. The van der Waals surface area contributed by atoms with Crippen molar-refractivity contribution in [2.24, 2.45) is 27.5 Å². The van der Waals surface area contributed by atoms with Crippen LogP contribution >= 0.6 is 0 Å². The van der Waals surface area contributed by atoms with E-state index < -0.39 is 69.2 Å². The van der Waals surface area contributed by atoms with Crippen molar-refractivity contribution < 1.29 is 36.2 Å². The van der Waals surface area contributed by atoms with E-state index in [9.17, 15) is 40.9 Å². The van der Waals surface area contributed by atoms with Gasteiger partial charge in [-0.2, -0.15) is 16.8 Å². The van der Waals surface area contributed by atoms with E-state index in [-0.39, 0.29) is 11.4 Å². The number of para-hydroxylation sites is 1. The summed E-state index contributed by atoms with van der Waals surface area (Å²) < 4.78 is 72.5. The van der Waals surface area contributed by atoms with Gasteiger partial charge < -0.3 is 10.2 Å². The Morgan fingerprint density at radius 1 is 0.729 bits per heavy atom. The Morgan fingerprint density at radius 3 is 1.92 bits per heavy atom.